The summed E-state index contributed by atoms with van der Waals surface area (Å²) in [7, 11) is 14.4. The molecule has 0 N–H and O–H groups in total. The molecule has 2 unspecified atom stereocenters. The number of hydrogen-bond donors (Lipinski definition) is 0. The summed E-state index contributed by atoms with van der Waals surface area (Å²) < 4.78 is 0. The van der Waals surface area contributed by atoms with Crippen LogP contribution in [0.1, 0.15) is 77.0 Å². The topological polar surface area (TPSA) is 0 Å². The van der Waals surface area contributed by atoms with Crippen molar-refractivity contribution < 1.29 is 0 Å². The zero-order chi connectivity index (χ0) is 12.8. The van der Waals surface area contributed by atoms with Gasteiger partial charge in [-0.2, -0.15) is 0 Å². The summed E-state index contributed by atoms with van der Waals surface area (Å²) in [5.74, 6) is 1.16. The van der Waals surface area contributed by atoms with Crippen LogP contribution in [-0.2, 0) is 0 Å². The maximum Gasteiger partial charge on any atom is 0.0699 e. The van der Waals surface area contributed by atoms with Crippen LogP contribution in [0.2, 0.25) is 11.1 Å². The summed E-state index contributed by atoms with van der Waals surface area (Å²) in [6, 6.07) is 0. The van der Waals surface area contributed by atoms with Crippen LogP contribution >= 0.6 is 0 Å². The van der Waals surface area contributed by atoms with Crippen LogP contribution in [0.15, 0.2) is 0 Å². The summed E-state index contributed by atoms with van der Waals surface area (Å²) in [6.45, 7) is 0. The number of rotatable bonds is 2. The van der Waals surface area contributed by atoms with E-state index in [9.17, 15) is 0 Å². The molecule has 18 heavy (non-hydrogen) atoms. The third-order valence-electron chi connectivity index (χ3n) is 5.39. The van der Waals surface area contributed by atoms with E-state index in [4.69, 9.17) is 15.6 Å². The quantitative estimate of drug-likeness (QED) is 0.632. The van der Waals surface area contributed by atoms with E-state index in [1.807, 2.05) is 7.17 Å². The first-order valence-electron chi connectivity index (χ1n) is 8.08. The molecule has 95 valence electrons. The lowest BCUT2D eigenvalue weighted by atomic mass is 9.34. The second-order valence-electron chi connectivity index (χ2n) is 6.64. The molecule has 2 fully saturated rings. The third-order valence-corrected chi connectivity index (χ3v) is 5.39. The smallest absolute Gasteiger partial charge is 0.0699 e. The monoisotopic (exact) mass is 239 g/mol. The Hall–Kier alpha value is 0.195. The SMILES string of the molecule is [B][B]C1(C2CCCCCCCC([B])C2)CCCC1. The molecule has 0 amide bonds. The minimum atomic E-state index is 0.330. The van der Waals surface area contributed by atoms with E-state index in [-0.39, 0.29) is 0 Å². The zero-order valence-corrected chi connectivity index (χ0v) is 11.9. The zero-order valence-electron chi connectivity index (χ0n) is 11.9. The first kappa shape index (κ1) is 14.6. The van der Waals surface area contributed by atoms with Crippen molar-refractivity contribution in [2.45, 2.75) is 88.2 Å². The first-order chi connectivity index (χ1) is 8.77. The maximum absolute atomic E-state index is 6.34. The van der Waals surface area contributed by atoms with E-state index < -0.39 is 0 Å². The van der Waals surface area contributed by atoms with Gasteiger partial charge in [0, 0.05) is 7.74 Å². The van der Waals surface area contributed by atoms with Gasteiger partial charge in [0.2, 0.25) is 0 Å². The molecular formula is C15H26B3. The van der Waals surface area contributed by atoms with Gasteiger partial charge in [-0.05, 0) is 5.92 Å². The van der Waals surface area contributed by atoms with E-state index >= 15 is 0 Å². The fourth-order valence-corrected chi connectivity index (χ4v) is 4.20. The largest absolute Gasteiger partial charge is 0.0771 e. The van der Waals surface area contributed by atoms with Gasteiger partial charge in [-0.1, -0.05) is 88.2 Å². The Kier molecular flexibility index (Phi) is 5.76. The molecule has 0 saturated heterocycles. The minimum absolute atomic E-state index is 0.330. The van der Waals surface area contributed by atoms with Crippen molar-refractivity contribution in [1.82, 2.24) is 0 Å². The van der Waals surface area contributed by atoms with Crippen molar-refractivity contribution in [1.29, 1.82) is 0 Å². The second kappa shape index (κ2) is 7.10. The van der Waals surface area contributed by atoms with Gasteiger partial charge in [-0.25, -0.2) is 0 Å². The average Bonchev–Trinajstić information content (AvgIpc) is 2.86. The molecule has 0 aromatic heterocycles. The Bertz CT molecular complexity index is 236. The molecule has 5 radical (unpaired) electrons. The summed E-state index contributed by atoms with van der Waals surface area (Å²) >= 11 is 0. The normalized spacial score (nSPS) is 34.0. The van der Waals surface area contributed by atoms with Gasteiger partial charge in [0.1, 0.15) is 0 Å². The van der Waals surface area contributed by atoms with Gasteiger partial charge in [0.05, 0.1) is 15.0 Å². The van der Waals surface area contributed by atoms with Gasteiger partial charge >= 0.3 is 0 Å². The maximum atomic E-state index is 6.34. The van der Waals surface area contributed by atoms with E-state index in [1.54, 1.807) is 0 Å². The van der Waals surface area contributed by atoms with Crippen molar-refractivity contribution in [2.24, 2.45) is 5.92 Å². The molecule has 2 rings (SSSR count). The van der Waals surface area contributed by atoms with Crippen LogP contribution in [0.5, 0.6) is 0 Å². The molecule has 0 aromatic rings. The summed E-state index contributed by atoms with van der Waals surface area (Å²) in [6.07, 6.45) is 16.0. The third kappa shape index (κ3) is 3.61. The molecule has 3 heteroatoms. The van der Waals surface area contributed by atoms with E-state index in [0.29, 0.717) is 11.1 Å². The highest BCUT2D eigenvalue weighted by atomic mass is 14.4. The summed E-state index contributed by atoms with van der Waals surface area (Å²) in [4.78, 5) is 0. The van der Waals surface area contributed by atoms with Crippen LogP contribution in [0.3, 0.4) is 0 Å². The van der Waals surface area contributed by atoms with Crippen LogP contribution < -0.4 is 0 Å². The van der Waals surface area contributed by atoms with Crippen LogP contribution in [-0.4, -0.2) is 22.8 Å². The predicted octanol–water partition coefficient (Wildman–Crippen LogP) is 4.21. The standard InChI is InChI=1S/C15H26B3/c16-14-9-5-3-1-2-4-8-13(12-14)15(18-17)10-6-7-11-15/h13-14H,1-12H2. The van der Waals surface area contributed by atoms with Gasteiger partial charge in [0.15, 0.2) is 0 Å². The molecule has 0 spiro atoms. The lowest BCUT2D eigenvalue weighted by Crippen LogP contribution is -2.29. The Morgan fingerprint density at radius 3 is 2.11 bits per heavy atom. The Morgan fingerprint density at radius 2 is 1.44 bits per heavy atom. The average molecular weight is 239 g/mol. The van der Waals surface area contributed by atoms with Gasteiger partial charge in [0.25, 0.3) is 0 Å². The molecule has 2 aliphatic carbocycles. The molecule has 2 saturated carbocycles. The van der Waals surface area contributed by atoms with E-state index in [1.165, 1.54) is 77.0 Å². The molecule has 2 atom stereocenters. The van der Waals surface area contributed by atoms with Crippen molar-refractivity contribution >= 4 is 22.8 Å². The van der Waals surface area contributed by atoms with Crippen LogP contribution in [0, 0.1) is 5.92 Å². The highest BCUT2D eigenvalue weighted by Gasteiger charge is 2.39. The van der Waals surface area contributed by atoms with Gasteiger partial charge in [-0.15, -0.1) is 0 Å². The first-order valence-corrected chi connectivity index (χ1v) is 8.08. The van der Waals surface area contributed by atoms with Crippen molar-refractivity contribution in [2.75, 3.05) is 0 Å². The van der Waals surface area contributed by atoms with E-state index in [0.717, 1.165) is 5.92 Å². The fourth-order valence-electron chi connectivity index (χ4n) is 4.20. The Labute approximate surface area is 117 Å². The second-order valence-corrected chi connectivity index (χ2v) is 6.64. The predicted molar refractivity (Wildman–Crippen MR) is 82.6 cm³/mol. The summed E-state index contributed by atoms with van der Waals surface area (Å²) in [5.41, 5.74) is 0. The molecule has 0 aliphatic heterocycles. The molecule has 2 aliphatic rings. The van der Waals surface area contributed by atoms with Crippen LogP contribution in [0.4, 0.5) is 0 Å². The lowest BCUT2D eigenvalue weighted by Gasteiger charge is -2.40. The molecule has 0 nitrogen and oxygen atoms in total. The van der Waals surface area contributed by atoms with Crippen molar-refractivity contribution in [3.63, 3.8) is 0 Å². The highest BCUT2D eigenvalue weighted by molar-refractivity contribution is 6.91. The molecule has 0 bridgehead atoms. The number of hydrogen-bond acceptors (Lipinski definition) is 0. The fraction of sp³-hybridized carbons (Fsp3) is 1.00. The molecule has 0 heterocycles. The van der Waals surface area contributed by atoms with Crippen molar-refractivity contribution in [3.05, 3.63) is 0 Å². The summed E-state index contributed by atoms with van der Waals surface area (Å²) in [5, 5.41) is 0.330. The highest BCUT2D eigenvalue weighted by Crippen LogP contribution is 2.54. The lowest BCUT2D eigenvalue weighted by molar-refractivity contribution is 0.291. The van der Waals surface area contributed by atoms with Crippen LogP contribution in [0.25, 0.3) is 0 Å². The Morgan fingerprint density at radius 1 is 0.833 bits per heavy atom. The van der Waals surface area contributed by atoms with Crippen molar-refractivity contribution in [3.8, 4) is 0 Å². The molecular weight excluding hydrogens is 213 g/mol. The molecule has 0 aromatic carbocycles. The minimum Gasteiger partial charge on any atom is -0.0771 e. The Balaban J connectivity index is 2.01. The van der Waals surface area contributed by atoms with Gasteiger partial charge in [-0.3, -0.25) is 0 Å². The van der Waals surface area contributed by atoms with Gasteiger partial charge < -0.3 is 0 Å². The van der Waals surface area contributed by atoms with E-state index in [2.05, 4.69) is 0 Å².